The molecule has 4 rings (SSSR count). The minimum atomic E-state index is -1.55. The third-order valence-electron chi connectivity index (χ3n) is 15.7. The fourth-order valence-corrected chi connectivity index (χ4v) is 11.2. The van der Waals surface area contributed by atoms with Gasteiger partial charge in [0.2, 0.25) is 11.4 Å². The summed E-state index contributed by atoms with van der Waals surface area (Å²) >= 11 is 0. The Morgan fingerprint density at radius 1 is 0.435 bits per heavy atom. The molecule has 0 fully saturated rings. The summed E-state index contributed by atoms with van der Waals surface area (Å²) in [5, 5.41) is 12.6. The molecule has 0 radical (unpaired) electrons. The van der Waals surface area contributed by atoms with Crippen LogP contribution in [0.5, 0.6) is 0 Å². The highest BCUT2D eigenvalue weighted by molar-refractivity contribution is 6.04. The predicted molar refractivity (Wildman–Crippen MR) is 296 cm³/mol. The smallest absolute Gasteiger partial charge is 0.209 e. The first-order chi connectivity index (χ1) is 33.7. The highest BCUT2D eigenvalue weighted by Gasteiger charge is 2.45. The number of hydrogen-bond acceptors (Lipinski definition) is 3. The van der Waals surface area contributed by atoms with Crippen LogP contribution in [0.25, 0.3) is 0 Å². The Labute approximate surface area is 425 Å². The van der Waals surface area contributed by atoms with E-state index < -0.39 is 5.79 Å². The third-order valence-corrected chi connectivity index (χ3v) is 15.7. The molecule has 2 aromatic carbocycles. The van der Waals surface area contributed by atoms with Crippen molar-refractivity contribution >= 4 is 22.8 Å². The normalized spacial score (nSPS) is 16.2. The minimum Gasteiger partial charge on any atom is -0.721 e. The van der Waals surface area contributed by atoms with Crippen molar-refractivity contribution in [2.45, 2.75) is 264 Å². The fraction of sp³-hybridized carbons (Fsp3) is 0.688. The molecule has 5 heteroatoms. The zero-order valence-electron chi connectivity index (χ0n) is 45.7. The molecule has 386 valence electrons. The maximum atomic E-state index is 12.6. The second kappa shape index (κ2) is 33.5. The first kappa shape index (κ1) is 58.5. The van der Waals surface area contributed by atoms with Crippen molar-refractivity contribution in [2.75, 3.05) is 20.2 Å². The Kier molecular flexibility index (Phi) is 28.4. The van der Waals surface area contributed by atoms with Gasteiger partial charge in [-0.05, 0) is 52.7 Å². The Morgan fingerprint density at radius 3 is 1.09 bits per heavy atom. The summed E-state index contributed by atoms with van der Waals surface area (Å²) in [4.78, 5) is 4.92. The van der Waals surface area contributed by atoms with Crippen LogP contribution < -0.4 is 5.26 Å². The monoisotopic (exact) mass is 948 g/mol. The van der Waals surface area contributed by atoms with Gasteiger partial charge in [0.05, 0.1) is 10.8 Å². The zero-order valence-corrected chi connectivity index (χ0v) is 45.7. The molecule has 69 heavy (non-hydrogen) atoms. The lowest BCUT2D eigenvalue weighted by molar-refractivity contribution is -0.725. The quantitative estimate of drug-likeness (QED) is 0.0167. The first-order valence-corrected chi connectivity index (χ1v) is 29.1. The lowest BCUT2D eigenvalue weighted by Gasteiger charge is -2.29. The van der Waals surface area contributed by atoms with Gasteiger partial charge in [0.25, 0.3) is 0 Å². The molecule has 0 saturated heterocycles. The second-order valence-electron chi connectivity index (χ2n) is 22.0. The van der Waals surface area contributed by atoms with Crippen LogP contribution in [0, 0.1) is 0 Å². The molecule has 0 aliphatic carbocycles. The van der Waals surface area contributed by atoms with Crippen LogP contribution in [0.3, 0.4) is 0 Å². The standard InChI is InChI=1S/C64H103N2O3/c1-8-10-12-14-16-18-20-22-24-26-28-30-32-34-36-44-54-65-58-48-40-38-46-56(58)62(3,4)60(65)50-42-43-52-64(68-7,69-67)53-51-61-63(5,6)57-47-39-41-49-59(57)66(61)55-45-37-35-33-31-29-27-25-23-21-19-17-15-13-11-9-2/h38-43,46-53H,8-37,44-45,54-55H2,1-7H3/q+1/b50-42+,52-43+,53-51+. The summed E-state index contributed by atoms with van der Waals surface area (Å²) in [5.41, 5.74) is 7.32. The van der Waals surface area contributed by atoms with E-state index in [4.69, 9.17) is 9.62 Å². The molecule has 0 spiro atoms. The van der Waals surface area contributed by atoms with E-state index in [1.807, 2.05) is 6.08 Å². The minimum absolute atomic E-state index is 0.140. The fourth-order valence-electron chi connectivity index (χ4n) is 11.2. The van der Waals surface area contributed by atoms with E-state index in [1.54, 1.807) is 19.3 Å². The lowest BCUT2D eigenvalue weighted by Crippen LogP contribution is -2.36. The Bertz CT molecular complexity index is 1860. The summed E-state index contributed by atoms with van der Waals surface area (Å²) in [6.07, 6.45) is 55.7. The first-order valence-electron chi connectivity index (χ1n) is 29.1. The highest BCUT2D eigenvalue weighted by atomic mass is 17.1. The Balaban J connectivity index is 1.29. The van der Waals surface area contributed by atoms with Crippen molar-refractivity contribution in [3.05, 3.63) is 96.1 Å². The maximum absolute atomic E-state index is 12.6. The predicted octanol–water partition coefficient (Wildman–Crippen LogP) is 18.0. The number of rotatable bonds is 41. The van der Waals surface area contributed by atoms with Gasteiger partial charge in [-0.15, -0.1) is 0 Å². The molecular formula is C64H103N2O3+. The van der Waals surface area contributed by atoms with Gasteiger partial charge in [0.1, 0.15) is 13.1 Å². The van der Waals surface area contributed by atoms with Gasteiger partial charge in [0.15, 0.2) is 17.2 Å². The molecular weight excluding hydrogens is 845 g/mol. The van der Waals surface area contributed by atoms with E-state index in [1.165, 1.54) is 227 Å². The number of para-hydroxylation sites is 2. The third kappa shape index (κ3) is 19.4. The van der Waals surface area contributed by atoms with Gasteiger partial charge in [-0.2, -0.15) is 9.15 Å². The summed E-state index contributed by atoms with van der Waals surface area (Å²) in [5.74, 6) is -1.55. The summed E-state index contributed by atoms with van der Waals surface area (Å²) < 4.78 is 10.9. The topological polar surface area (TPSA) is 47.5 Å². The van der Waals surface area contributed by atoms with E-state index in [9.17, 15) is 5.26 Å². The molecule has 1 atom stereocenters. The number of fused-ring (bicyclic) bond motifs is 2. The molecule has 1 unspecified atom stereocenters. The van der Waals surface area contributed by atoms with E-state index in [0.29, 0.717) is 0 Å². The highest BCUT2D eigenvalue weighted by Crippen LogP contribution is 2.41. The van der Waals surface area contributed by atoms with Crippen molar-refractivity contribution in [3.63, 3.8) is 0 Å². The average molecular weight is 949 g/mol. The molecule has 2 aliphatic rings. The summed E-state index contributed by atoms with van der Waals surface area (Å²) in [6.45, 7) is 15.8. The number of ether oxygens (including phenoxy) is 1. The molecule has 0 N–H and O–H groups in total. The van der Waals surface area contributed by atoms with Crippen molar-refractivity contribution in [3.8, 4) is 0 Å². The van der Waals surface area contributed by atoms with Gasteiger partial charge >= 0.3 is 0 Å². The second-order valence-corrected chi connectivity index (χ2v) is 22.0. The van der Waals surface area contributed by atoms with E-state index in [2.05, 4.69) is 117 Å². The summed E-state index contributed by atoms with van der Waals surface area (Å²) in [7, 11) is 1.55. The number of nitrogens with zero attached hydrogens (tertiary/aromatic N) is 2. The van der Waals surface area contributed by atoms with Crippen LogP contribution in [-0.4, -0.2) is 46.6 Å². The Hall–Kier alpha value is -3.12. The van der Waals surface area contributed by atoms with Gasteiger partial charge < -0.3 is 14.9 Å². The van der Waals surface area contributed by atoms with Crippen molar-refractivity contribution in [1.82, 2.24) is 0 Å². The van der Waals surface area contributed by atoms with Crippen LogP contribution in [0.4, 0.5) is 11.4 Å². The molecule has 2 aliphatic heterocycles. The van der Waals surface area contributed by atoms with E-state index >= 15 is 0 Å². The van der Waals surface area contributed by atoms with Crippen LogP contribution >= 0.6 is 0 Å². The van der Waals surface area contributed by atoms with Gasteiger partial charge in [0, 0.05) is 55.4 Å². The number of benzene rings is 2. The molecule has 2 heterocycles. The molecule has 5 nitrogen and oxygen atoms in total. The van der Waals surface area contributed by atoms with Gasteiger partial charge in [-0.1, -0.05) is 242 Å². The SMILES string of the molecule is CCCCCCCCCCCCCCCCCC[N+]1=C(/C=C/C=C/C(/C=C/C2=[N+](CCCCCCCCCCCCCCCCCC)c3ccccc3C2(C)C)(OC)O[O-])C(C)(C)c2ccccc21. The summed E-state index contributed by atoms with van der Waals surface area (Å²) in [6, 6.07) is 17.7. The number of allylic oxidation sites excluding steroid dienone is 4. The zero-order chi connectivity index (χ0) is 49.5. The average Bonchev–Trinajstić information content (AvgIpc) is 3.71. The molecule has 0 amide bonds. The largest absolute Gasteiger partial charge is 0.721 e. The molecule has 0 aromatic heterocycles. The van der Waals surface area contributed by atoms with Gasteiger partial charge in [-0.3, -0.25) is 0 Å². The maximum Gasteiger partial charge on any atom is 0.209 e. The molecule has 0 saturated carbocycles. The lowest BCUT2D eigenvalue weighted by atomic mass is 9.81. The number of hydrogen-bond donors (Lipinski definition) is 0. The van der Waals surface area contributed by atoms with Crippen molar-refractivity contribution < 1.29 is 24.0 Å². The van der Waals surface area contributed by atoms with Crippen LogP contribution in [0.1, 0.15) is 258 Å². The van der Waals surface area contributed by atoms with Crippen LogP contribution in [-0.2, 0) is 20.5 Å². The Morgan fingerprint density at radius 2 is 0.754 bits per heavy atom. The van der Waals surface area contributed by atoms with Crippen LogP contribution in [0.2, 0.25) is 0 Å². The van der Waals surface area contributed by atoms with Gasteiger partial charge in [-0.25, -0.2) is 0 Å². The molecule has 0 bridgehead atoms. The van der Waals surface area contributed by atoms with Crippen molar-refractivity contribution in [1.29, 1.82) is 0 Å². The van der Waals surface area contributed by atoms with Crippen molar-refractivity contribution in [2.24, 2.45) is 0 Å². The number of methoxy groups -OCH3 is 1. The van der Waals surface area contributed by atoms with E-state index in [0.717, 1.165) is 25.2 Å². The van der Waals surface area contributed by atoms with Crippen LogP contribution in [0.15, 0.2) is 85.0 Å². The van der Waals surface area contributed by atoms with E-state index in [-0.39, 0.29) is 10.8 Å². The molecule has 2 aromatic rings. The number of unbranched alkanes of at least 4 members (excludes halogenated alkanes) is 30.